The van der Waals surface area contributed by atoms with Crippen LogP contribution in [0.2, 0.25) is 0 Å². The molecule has 0 spiro atoms. The van der Waals surface area contributed by atoms with Crippen molar-refractivity contribution >= 4 is 0 Å². The fourth-order valence-corrected chi connectivity index (χ4v) is 2.54. The molecule has 0 aliphatic carbocycles. The van der Waals surface area contributed by atoms with E-state index in [1.807, 2.05) is 12.1 Å². The molecule has 1 saturated heterocycles. The number of rotatable bonds is 3. The topological polar surface area (TPSA) is 43.7 Å². The molecule has 3 heteroatoms. The van der Waals surface area contributed by atoms with Gasteiger partial charge in [0.15, 0.2) is 0 Å². The Morgan fingerprint density at radius 3 is 2.63 bits per heavy atom. The average Bonchev–Trinajstić information content (AvgIpc) is 2.47. The van der Waals surface area contributed by atoms with E-state index in [0.29, 0.717) is 6.04 Å². The summed E-state index contributed by atoms with van der Waals surface area (Å²) in [5, 5.41) is 18.0. The van der Waals surface area contributed by atoms with Gasteiger partial charge in [-0.1, -0.05) is 30.4 Å². The second-order valence-electron chi connectivity index (χ2n) is 4.96. The van der Waals surface area contributed by atoms with Crippen LogP contribution in [-0.2, 0) is 6.54 Å². The van der Waals surface area contributed by atoms with Crippen molar-refractivity contribution in [3.63, 3.8) is 0 Å². The van der Waals surface area contributed by atoms with Crippen LogP contribution in [0.3, 0.4) is 0 Å². The monoisotopic (exact) mass is 259 g/mol. The summed E-state index contributed by atoms with van der Waals surface area (Å²) in [6.07, 6.45) is 3.53. The van der Waals surface area contributed by atoms with E-state index >= 15 is 0 Å². The molecule has 0 saturated carbocycles. The molecule has 1 aromatic rings. The third-order valence-electron chi connectivity index (χ3n) is 3.61. The second-order valence-corrected chi connectivity index (χ2v) is 4.96. The van der Waals surface area contributed by atoms with Gasteiger partial charge in [-0.15, -0.1) is 0 Å². The highest BCUT2D eigenvalue weighted by Crippen LogP contribution is 2.19. The van der Waals surface area contributed by atoms with Crippen molar-refractivity contribution in [1.82, 2.24) is 4.90 Å². The van der Waals surface area contributed by atoms with Crippen molar-refractivity contribution in [2.24, 2.45) is 0 Å². The fraction of sp³-hybridized carbons (Fsp3) is 0.500. The third kappa shape index (κ3) is 4.07. The van der Waals surface area contributed by atoms with E-state index in [0.717, 1.165) is 25.1 Å². The first-order valence-electron chi connectivity index (χ1n) is 6.87. The zero-order chi connectivity index (χ0) is 13.5. The number of benzene rings is 1. The molecule has 2 N–H and O–H groups in total. The third-order valence-corrected chi connectivity index (χ3v) is 3.61. The minimum Gasteiger partial charge on any atom is -0.395 e. The molecule has 102 valence electrons. The van der Waals surface area contributed by atoms with Gasteiger partial charge < -0.3 is 10.2 Å². The van der Waals surface area contributed by atoms with Gasteiger partial charge in [-0.3, -0.25) is 4.90 Å². The van der Waals surface area contributed by atoms with Crippen LogP contribution in [0, 0.1) is 11.8 Å². The van der Waals surface area contributed by atoms with Gasteiger partial charge in [-0.2, -0.15) is 0 Å². The molecule has 0 bridgehead atoms. The van der Waals surface area contributed by atoms with Gasteiger partial charge in [0.25, 0.3) is 0 Å². The zero-order valence-corrected chi connectivity index (χ0v) is 11.2. The number of aliphatic hydroxyl groups is 2. The Hall–Kier alpha value is -1.34. The van der Waals surface area contributed by atoms with Gasteiger partial charge in [-0.25, -0.2) is 0 Å². The Labute approximate surface area is 114 Å². The van der Waals surface area contributed by atoms with Crippen LogP contribution in [0.15, 0.2) is 24.3 Å². The summed E-state index contributed by atoms with van der Waals surface area (Å²) in [5.74, 6) is 5.54. The summed E-state index contributed by atoms with van der Waals surface area (Å²) >= 11 is 0. The molecule has 0 radical (unpaired) electrons. The Morgan fingerprint density at radius 2 is 1.95 bits per heavy atom. The van der Waals surface area contributed by atoms with Crippen LogP contribution in [-0.4, -0.2) is 40.9 Å². The van der Waals surface area contributed by atoms with E-state index in [2.05, 4.69) is 28.9 Å². The van der Waals surface area contributed by atoms with Gasteiger partial charge >= 0.3 is 0 Å². The number of likely N-dealkylation sites (tertiary alicyclic amines) is 1. The quantitative estimate of drug-likeness (QED) is 0.806. The molecule has 2 rings (SSSR count). The molecule has 1 aromatic carbocycles. The van der Waals surface area contributed by atoms with Crippen molar-refractivity contribution in [2.45, 2.75) is 31.8 Å². The molecule has 0 aromatic heterocycles. The second kappa shape index (κ2) is 7.30. The van der Waals surface area contributed by atoms with E-state index < -0.39 is 0 Å². The maximum atomic E-state index is 9.40. The van der Waals surface area contributed by atoms with Crippen molar-refractivity contribution in [1.29, 1.82) is 0 Å². The van der Waals surface area contributed by atoms with Crippen LogP contribution in [0.5, 0.6) is 0 Å². The SMILES string of the molecule is OCC#Cc1ccc(CN2CCCCC2CO)cc1. The highest BCUT2D eigenvalue weighted by Gasteiger charge is 2.21. The lowest BCUT2D eigenvalue weighted by atomic mass is 10.0. The number of aliphatic hydroxyl groups excluding tert-OH is 2. The fourth-order valence-electron chi connectivity index (χ4n) is 2.54. The van der Waals surface area contributed by atoms with Gasteiger partial charge in [0.05, 0.1) is 6.61 Å². The molecular weight excluding hydrogens is 238 g/mol. The molecule has 19 heavy (non-hydrogen) atoms. The first-order valence-corrected chi connectivity index (χ1v) is 6.87. The zero-order valence-electron chi connectivity index (χ0n) is 11.2. The van der Waals surface area contributed by atoms with Crippen molar-refractivity contribution in [2.75, 3.05) is 19.8 Å². The maximum Gasteiger partial charge on any atom is 0.104 e. The summed E-state index contributed by atoms with van der Waals surface area (Å²) in [6, 6.07) is 8.42. The Kier molecular flexibility index (Phi) is 5.41. The molecule has 1 fully saturated rings. The molecule has 0 amide bonds. The van der Waals surface area contributed by atoms with E-state index in [1.165, 1.54) is 18.4 Å². The van der Waals surface area contributed by atoms with Crippen LogP contribution in [0.4, 0.5) is 0 Å². The minimum atomic E-state index is -0.103. The maximum absolute atomic E-state index is 9.40. The number of piperidine rings is 1. The minimum absolute atomic E-state index is 0.103. The van der Waals surface area contributed by atoms with E-state index in [4.69, 9.17) is 5.11 Å². The summed E-state index contributed by atoms with van der Waals surface area (Å²) in [5.41, 5.74) is 2.17. The number of hydrogen-bond acceptors (Lipinski definition) is 3. The van der Waals surface area contributed by atoms with Crippen molar-refractivity contribution in [3.8, 4) is 11.8 Å². The normalized spacial score (nSPS) is 19.8. The molecule has 3 nitrogen and oxygen atoms in total. The van der Waals surface area contributed by atoms with Crippen LogP contribution < -0.4 is 0 Å². The number of hydrogen-bond donors (Lipinski definition) is 2. The van der Waals surface area contributed by atoms with Crippen molar-refractivity contribution < 1.29 is 10.2 Å². The van der Waals surface area contributed by atoms with Gasteiger partial charge in [0, 0.05) is 18.2 Å². The predicted octanol–water partition coefficient (Wildman–Crippen LogP) is 1.38. The first kappa shape index (κ1) is 14.1. The highest BCUT2D eigenvalue weighted by atomic mass is 16.3. The van der Waals surface area contributed by atoms with E-state index in [1.54, 1.807) is 0 Å². The summed E-state index contributed by atoms with van der Waals surface area (Å²) in [7, 11) is 0. The van der Waals surface area contributed by atoms with E-state index in [-0.39, 0.29) is 13.2 Å². The predicted molar refractivity (Wildman–Crippen MR) is 75.5 cm³/mol. The Bertz CT molecular complexity index is 444. The van der Waals surface area contributed by atoms with Crippen LogP contribution in [0.25, 0.3) is 0 Å². The van der Waals surface area contributed by atoms with Gasteiger partial charge in [0.1, 0.15) is 6.61 Å². The molecular formula is C16H21NO2. The molecule has 1 heterocycles. The van der Waals surface area contributed by atoms with E-state index in [9.17, 15) is 5.11 Å². The Morgan fingerprint density at radius 1 is 1.16 bits per heavy atom. The highest BCUT2D eigenvalue weighted by molar-refractivity contribution is 5.36. The summed E-state index contributed by atoms with van der Waals surface area (Å²) < 4.78 is 0. The van der Waals surface area contributed by atoms with Gasteiger partial charge in [-0.05, 0) is 37.1 Å². The molecule has 1 aliphatic rings. The Balaban J connectivity index is 1.98. The lowest BCUT2D eigenvalue weighted by molar-refractivity contribution is 0.0841. The summed E-state index contributed by atoms with van der Waals surface area (Å²) in [4.78, 5) is 2.36. The smallest absolute Gasteiger partial charge is 0.104 e. The molecule has 1 unspecified atom stereocenters. The molecule has 1 aliphatic heterocycles. The van der Waals surface area contributed by atoms with Crippen molar-refractivity contribution in [3.05, 3.63) is 35.4 Å². The van der Waals surface area contributed by atoms with Crippen LogP contribution >= 0.6 is 0 Å². The standard InChI is InChI=1S/C16H21NO2/c18-11-3-4-14-6-8-15(9-7-14)12-17-10-2-1-5-16(17)13-19/h6-9,16,18-19H,1-2,5,10-13H2. The van der Waals surface area contributed by atoms with Gasteiger partial charge in [0.2, 0.25) is 0 Å². The summed E-state index contributed by atoms with van der Waals surface area (Å²) in [6.45, 7) is 2.10. The average molecular weight is 259 g/mol. The number of nitrogens with zero attached hydrogens (tertiary/aromatic N) is 1. The first-order chi connectivity index (χ1) is 9.33. The van der Waals surface area contributed by atoms with Crippen LogP contribution in [0.1, 0.15) is 30.4 Å². The largest absolute Gasteiger partial charge is 0.395 e. The lowest BCUT2D eigenvalue weighted by Gasteiger charge is -2.34. The molecule has 1 atom stereocenters. The lowest BCUT2D eigenvalue weighted by Crippen LogP contribution is -2.41.